The van der Waals surface area contributed by atoms with E-state index in [1.165, 1.54) is 11.1 Å². The van der Waals surface area contributed by atoms with E-state index < -0.39 is 5.79 Å². The van der Waals surface area contributed by atoms with Crippen molar-refractivity contribution in [2.24, 2.45) is 5.92 Å². The molecule has 1 saturated carbocycles. The number of ether oxygens (including phenoxy) is 3. The maximum Gasteiger partial charge on any atom is 0.226 e. The van der Waals surface area contributed by atoms with Gasteiger partial charge in [-0.1, -0.05) is 11.6 Å². The Balaban J connectivity index is 1.45. The standard InChI is InChI=1S/C23H29NO5/c1-27-21-5-2-15(13-20(21)25)12-19-18-6-8-23(28-10-11-29-23)14-17(18)7-9-24(19)22(26)16-3-4-16/h2,5,13,16,19,25H,3-4,6-12,14H2,1H3. The number of amides is 1. The van der Waals surface area contributed by atoms with Gasteiger partial charge in [0.05, 0.1) is 26.4 Å². The molecule has 29 heavy (non-hydrogen) atoms. The molecule has 2 aliphatic heterocycles. The molecule has 0 bridgehead atoms. The first-order valence-electron chi connectivity index (χ1n) is 10.7. The fourth-order valence-electron chi connectivity index (χ4n) is 5.17. The highest BCUT2D eigenvalue weighted by atomic mass is 16.7. The molecule has 1 unspecified atom stereocenters. The van der Waals surface area contributed by atoms with E-state index in [1.54, 1.807) is 19.2 Å². The highest BCUT2D eigenvalue weighted by Crippen LogP contribution is 2.45. The van der Waals surface area contributed by atoms with E-state index in [4.69, 9.17) is 14.2 Å². The molecular formula is C23H29NO5. The third-order valence-electron chi connectivity index (χ3n) is 6.84. The fourth-order valence-corrected chi connectivity index (χ4v) is 5.17. The molecule has 2 aliphatic carbocycles. The molecular weight excluding hydrogens is 370 g/mol. The summed E-state index contributed by atoms with van der Waals surface area (Å²) in [5.41, 5.74) is 3.80. The molecule has 1 amide bonds. The number of phenolic OH excluding ortho intramolecular Hbond substituents is 1. The summed E-state index contributed by atoms with van der Waals surface area (Å²) in [4.78, 5) is 15.1. The number of aromatic hydroxyl groups is 1. The first-order valence-corrected chi connectivity index (χ1v) is 10.7. The summed E-state index contributed by atoms with van der Waals surface area (Å²) < 4.78 is 17.1. The van der Waals surface area contributed by atoms with Gasteiger partial charge in [-0.2, -0.15) is 0 Å². The van der Waals surface area contributed by atoms with E-state index in [1.807, 2.05) is 6.07 Å². The summed E-state index contributed by atoms with van der Waals surface area (Å²) in [7, 11) is 1.55. The number of nitrogens with zero attached hydrogens (tertiary/aromatic N) is 1. The van der Waals surface area contributed by atoms with Crippen LogP contribution in [0.5, 0.6) is 11.5 Å². The van der Waals surface area contributed by atoms with Crippen molar-refractivity contribution in [2.45, 2.75) is 56.8 Å². The van der Waals surface area contributed by atoms with Crippen LogP contribution in [-0.4, -0.2) is 54.6 Å². The van der Waals surface area contributed by atoms with Gasteiger partial charge in [-0.15, -0.1) is 0 Å². The minimum Gasteiger partial charge on any atom is -0.504 e. The summed E-state index contributed by atoms with van der Waals surface area (Å²) in [5.74, 6) is 0.682. The number of benzene rings is 1. The van der Waals surface area contributed by atoms with E-state index in [-0.39, 0.29) is 17.7 Å². The molecule has 1 atom stereocenters. The average molecular weight is 399 g/mol. The van der Waals surface area contributed by atoms with Crippen LogP contribution in [0.1, 0.15) is 44.1 Å². The van der Waals surface area contributed by atoms with Crippen LogP contribution in [-0.2, 0) is 20.7 Å². The Bertz CT molecular complexity index is 838. The van der Waals surface area contributed by atoms with E-state index in [9.17, 15) is 9.90 Å². The molecule has 1 N–H and O–H groups in total. The van der Waals surface area contributed by atoms with Gasteiger partial charge in [0.25, 0.3) is 0 Å². The summed E-state index contributed by atoms with van der Waals surface area (Å²) >= 11 is 0. The number of methoxy groups -OCH3 is 1. The Labute approximate surface area is 171 Å². The molecule has 2 fully saturated rings. The van der Waals surface area contributed by atoms with E-state index in [0.29, 0.717) is 31.3 Å². The zero-order valence-electron chi connectivity index (χ0n) is 17.0. The lowest BCUT2D eigenvalue weighted by atomic mass is 9.78. The van der Waals surface area contributed by atoms with Crippen LogP contribution >= 0.6 is 0 Å². The van der Waals surface area contributed by atoms with Gasteiger partial charge in [0.1, 0.15) is 0 Å². The fraction of sp³-hybridized carbons (Fsp3) is 0.609. The Kier molecular flexibility index (Phi) is 4.79. The Hall–Kier alpha value is -2.05. The SMILES string of the molecule is COc1ccc(CC2C3=C(CCN2C(=O)C2CC2)CC2(CC3)OCCO2)cc1O. The normalized spacial score (nSPS) is 26.0. The van der Waals surface area contributed by atoms with Gasteiger partial charge in [-0.25, -0.2) is 0 Å². The van der Waals surface area contributed by atoms with Crippen molar-refractivity contribution >= 4 is 5.91 Å². The second-order valence-corrected chi connectivity index (χ2v) is 8.70. The lowest BCUT2D eigenvalue weighted by Gasteiger charge is -2.44. The van der Waals surface area contributed by atoms with Gasteiger partial charge < -0.3 is 24.2 Å². The third kappa shape index (κ3) is 3.53. The van der Waals surface area contributed by atoms with Gasteiger partial charge in [0, 0.05) is 25.3 Å². The van der Waals surface area contributed by atoms with Crippen molar-refractivity contribution in [2.75, 3.05) is 26.9 Å². The van der Waals surface area contributed by atoms with E-state index in [0.717, 1.165) is 50.6 Å². The summed E-state index contributed by atoms with van der Waals surface area (Å²) in [6.07, 6.45) is 6.22. The van der Waals surface area contributed by atoms with Gasteiger partial charge in [0.2, 0.25) is 5.91 Å². The first kappa shape index (κ1) is 18.9. The highest BCUT2D eigenvalue weighted by Gasteiger charge is 2.46. The number of carbonyl (C=O) groups is 1. The summed E-state index contributed by atoms with van der Waals surface area (Å²) in [6, 6.07) is 5.60. The van der Waals surface area contributed by atoms with Crippen LogP contribution in [0.2, 0.25) is 0 Å². The van der Waals surface area contributed by atoms with Gasteiger partial charge in [0.15, 0.2) is 17.3 Å². The summed E-state index contributed by atoms with van der Waals surface area (Å²) in [6.45, 7) is 2.10. The number of rotatable bonds is 4. The monoisotopic (exact) mass is 399 g/mol. The molecule has 1 aromatic carbocycles. The van der Waals surface area contributed by atoms with Crippen LogP contribution < -0.4 is 4.74 Å². The van der Waals surface area contributed by atoms with E-state index >= 15 is 0 Å². The zero-order valence-corrected chi connectivity index (χ0v) is 17.0. The minimum absolute atomic E-state index is 0.0541. The van der Waals surface area contributed by atoms with Crippen molar-refractivity contribution in [1.82, 2.24) is 4.90 Å². The Morgan fingerprint density at radius 2 is 2.07 bits per heavy atom. The zero-order chi connectivity index (χ0) is 20.0. The van der Waals surface area contributed by atoms with Crippen LogP contribution in [0, 0.1) is 5.92 Å². The quantitative estimate of drug-likeness (QED) is 0.788. The van der Waals surface area contributed by atoms with Crippen molar-refractivity contribution in [3.8, 4) is 11.5 Å². The van der Waals surface area contributed by atoms with Crippen LogP contribution in [0.3, 0.4) is 0 Å². The van der Waals surface area contributed by atoms with Crippen molar-refractivity contribution < 1.29 is 24.1 Å². The molecule has 6 heteroatoms. The summed E-state index contributed by atoms with van der Waals surface area (Å²) in [5, 5.41) is 10.2. The lowest BCUT2D eigenvalue weighted by molar-refractivity contribution is -0.165. The maximum absolute atomic E-state index is 13.0. The molecule has 5 rings (SSSR count). The molecule has 6 nitrogen and oxygen atoms in total. The molecule has 4 aliphatic rings. The predicted octanol–water partition coefficient (Wildman–Crippen LogP) is 3.18. The second-order valence-electron chi connectivity index (χ2n) is 8.70. The third-order valence-corrected chi connectivity index (χ3v) is 6.84. The number of hydrogen-bond acceptors (Lipinski definition) is 5. The molecule has 0 aromatic heterocycles. The van der Waals surface area contributed by atoms with Crippen LogP contribution in [0.4, 0.5) is 0 Å². The molecule has 1 saturated heterocycles. The highest BCUT2D eigenvalue weighted by molar-refractivity contribution is 5.82. The lowest BCUT2D eigenvalue weighted by Crippen LogP contribution is -2.49. The van der Waals surface area contributed by atoms with Gasteiger partial charge in [-0.05, 0) is 55.4 Å². The molecule has 2 heterocycles. The second kappa shape index (κ2) is 7.33. The van der Waals surface area contributed by atoms with Gasteiger partial charge >= 0.3 is 0 Å². The number of carbonyl (C=O) groups excluding carboxylic acids is 1. The molecule has 1 aromatic rings. The number of phenols is 1. The molecule has 156 valence electrons. The molecule has 0 radical (unpaired) electrons. The predicted molar refractivity (Wildman–Crippen MR) is 107 cm³/mol. The van der Waals surface area contributed by atoms with Crippen LogP contribution in [0.25, 0.3) is 0 Å². The van der Waals surface area contributed by atoms with Gasteiger partial charge in [-0.3, -0.25) is 4.79 Å². The smallest absolute Gasteiger partial charge is 0.226 e. The molecule has 1 spiro atoms. The minimum atomic E-state index is -0.440. The van der Waals surface area contributed by atoms with Crippen molar-refractivity contribution in [1.29, 1.82) is 0 Å². The average Bonchev–Trinajstić information content (AvgIpc) is 3.48. The van der Waals surface area contributed by atoms with E-state index in [2.05, 4.69) is 4.90 Å². The largest absolute Gasteiger partial charge is 0.504 e. The maximum atomic E-state index is 13.0. The first-order chi connectivity index (χ1) is 14.1. The Morgan fingerprint density at radius 3 is 2.76 bits per heavy atom. The Morgan fingerprint density at radius 1 is 1.28 bits per heavy atom. The topological polar surface area (TPSA) is 68.2 Å². The van der Waals surface area contributed by atoms with Crippen molar-refractivity contribution in [3.05, 3.63) is 34.9 Å². The van der Waals surface area contributed by atoms with Crippen LogP contribution in [0.15, 0.2) is 29.3 Å². The number of hydrogen-bond donors (Lipinski definition) is 1. The van der Waals surface area contributed by atoms with Crippen molar-refractivity contribution in [3.63, 3.8) is 0 Å².